The molecular weight excluding hydrogens is 255 g/mol. The normalized spacial score (nSPS) is 19.8. The molecule has 0 radical (unpaired) electrons. The van der Waals surface area contributed by atoms with Crippen molar-refractivity contribution in [2.45, 2.75) is 42.5 Å². The highest BCUT2D eigenvalue weighted by molar-refractivity contribution is 7.99. The third-order valence-corrected chi connectivity index (χ3v) is 3.49. The van der Waals surface area contributed by atoms with Gasteiger partial charge in [-0.05, 0) is 24.6 Å². The van der Waals surface area contributed by atoms with E-state index in [1.165, 1.54) is 0 Å². The fraction of sp³-hybridized carbons (Fsp3) is 0.778. The summed E-state index contributed by atoms with van der Waals surface area (Å²) in [6.07, 6.45) is 3.46. The molecule has 4 nitrogen and oxygen atoms in total. The van der Waals surface area contributed by atoms with Gasteiger partial charge in [0.2, 0.25) is 5.89 Å². The lowest BCUT2D eigenvalue weighted by atomic mass is 9.99. The number of rotatable bonds is 3. The van der Waals surface area contributed by atoms with Crippen molar-refractivity contribution in [1.29, 1.82) is 0 Å². The first-order valence-corrected chi connectivity index (χ1v) is 6.20. The number of nitrogens with zero attached hydrogens (tertiary/aromatic N) is 2. The molecule has 1 aliphatic rings. The van der Waals surface area contributed by atoms with E-state index >= 15 is 0 Å². The maximum absolute atomic E-state index is 12.0. The summed E-state index contributed by atoms with van der Waals surface area (Å²) in [5.41, 5.74) is 1.15. The summed E-state index contributed by atoms with van der Waals surface area (Å²) in [4.78, 5) is 3.94. The van der Waals surface area contributed by atoms with Gasteiger partial charge in [-0.3, -0.25) is 0 Å². The first-order valence-electron chi connectivity index (χ1n) is 5.22. The predicted molar refractivity (Wildman–Crippen MR) is 56.0 cm³/mol. The standard InChI is InChI=1S/C9H12F3N3OS/c10-9(11,12)17-5-6-14-7(15-16-6)8(13)3-1-2-4-8/h1-5,13H2. The Balaban J connectivity index is 2.01. The topological polar surface area (TPSA) is 64.9 Å². The van der Waals surface area contributed by atoms with Gasteiger partial charge in [-0.15, -0.1) is 0 Å². The zero-order valence-electron chi connectivity index (χ0n) is 8.96. The van der Waals surface area contributed by atoms with Crippen molar-refractivity contribution in [2.75, 3.05) is 0 Å². The Bertz CT molecular complexity index is 387. The van der Waals surface area contributed by atoms with Crippen molar-refractivity contribution >= 4 is 11.8 Å². The molecule has 0 aliphatic heterocycles. The molecule has 17 heavy (non-hydrogen) atoms. The van der Waals surface area contributed by atoms with E-state index in [9.17, 15) is 13.2 Å². The lowest BCUT2D eigenvalue weighted by Gasteiger charge is -2.17. The molecule has 1 saturated carbocycles. The number of nitrogens with two attached hydrogens (primary N) is 1. The van der Waals surface area contributed by atoms with Gasteiger partial charge < -0.3 is 10.3 Å². The third-order valence-electron chi connectivity index (χ3n) is 2.77. The van der Waals surface area contributed by atoms with Crippen LogP contribution in [0.1, 0.15) is 37.4 Å². The maximum Gasteiger partial charge on any atom is 0.442 e. The Labute approximate surface area is 100 Å². The van der Waals surface area contributed by atoms with E-state index in [2.05, 4.69) is 10.1 Å². The Morgan fingerprint density at radius 1 is 1.35 bits per heavy atom. The largest absolute Gasteiger partial charge is 0.442 e. The molecule has 1 aromatic heterocycles. The molecule has 0 saturated heterocycles. The van der Waals surface area contributed by atoms with E-state index < -0.39 is 11.0 Å². The summed E-state index contributed by atoms with van der Waals surface area (Å²) in [5, 5.41) is 3.68. The second-order valence-electron chi connectivity index (χ2n) is 4.11. The van der Waals surface area contributed by atoms with Crippen LogP contribution in [-0.2, 0) is 11.3 Å². The Morgan fingerprint density at radius 3 is 2.59 bits per heavy atom. The minimum atomic E-state index is -4.29. The Morgan fingerprint density at radius 2 is 2.00 bits per heavy atom. The molecule has 0 atom stereocenters. The van der Waals surface area contributed by atoms with Gasteiger partial charge in [0, 0.05) is 0 Å². The second-order valence-corrected chi connectivity index (χ2v) is 5.15. The van der Waals surface area contributed by atoms with Crippen molar-refractivity contribution in [2.24, 2.45) is 5.73 Å². The molecule has 1 heterocycles. The fourth-order valence-electron chi connectivity index (χ4n) is 1.89. The number of aromatic nitrogens is 2. The molecule has 0 amide bonds. The van der Waals surface area contributed by atoms with E-state index in [0.29, 0.717) is 5.82 Å². The number of hydrogen-bond acceptors (Lipinski definition) is 5. The molecule has 0 aromatic carbocycles. The molecule has 0 bridgehead atoms. The lowest BCUT2D eigenvalue weighted by molar-refractivity contribution is -0.0330. The summed E-state index contributed by atoms with van der Waals surface area (Å²) in [7, 11) is 0. The van der Waals surface area contributed by atoms with Crippen LogP contribution >= 0.6 is 11.8 Å². The smallest absolute Gasteiger partial charge is 0.338 e. The van der Waals surface area contributed by atoms with Crippen LogP contribution in [0.4, 0.5) is 13.2 Å². The molecular formula is C9H12F3N3OS. The van der Waals surface area contributed by atoms with Crippen LogP contribution < -0.4 is 5.73 Å². The third kappa shape index (κ3) is 3.12. The minimum Gasteiger partial charge on any atom is -0.338 e. The second kappa shape index (κ2) is 4.49. The van der Waals surface area contributed by atoms with Crippen LogP contribution in [0.25, 0.3) is 0 Å². The van der Waals surface area contributed by atoms with Crippen LogP contribution in [0.5, 0.6) is 0 Å². The first-order chi connectivity index (χ1) is 7.89. The SMILES string of the molecule is NC1(c2noc(CSC(F)(F)F)n2)CCCC1. The van der Waals surface area contributed by atoms with Gasteiger partial charge >= 0.3 is 5.51 Å². The van der Waals surface area contributed by atoms with E-state index in [4.69, 9.17) is 10.3 Å². The van der Waals surface area contributed by atoms with E-state index in [1.807, 2.05) is 0 Å². The van der Waals surface area contributed by atoms with Gasteiger partial charge in [-0.2, -0.15) is 18.2 Å². The van der Waals surface area contributed by atoms with Gasteiger partial charge in [0.15, 0.2) is 5.82 Å². The highest BCUT2D eigenvalue weighted by Gasteiger charge is 2.36. The van der Waals surface area contributed by atoms with Crippen molar-refractivity contribution in [1.82, 2.24) is 10.1 Å². The lowest BCUT2D eigenvalue weighted by Crippen LogP contribution is -2.34. The van der Waals surface area contributed by atoms with E-state index in [0.717, 1.165) is 25.7 Å². The highest BCUT2D eigenvalue weighted by Crippen LogP contribution is 2.36. The van der Waals surface area contributed by atoms with Crippen molar-refractivity contribution in [3.05, 3.63) is 11.7 Å². The van der Waals surface area contributed by atoms with Gasteiger partial charge in [-0.1, -0.05) is 18.0 Å². The van der Waals surface area contributed by atoms with Crippen LogP contribution in [0.2, 0.25) is 0 Å². The zero-order valence-corrected chi connectivity index (χ0v) is 9.77. The summed E-state index contributed by atoms with van der Waals surface area (Å²) >= 11 is -0.196. The van der Waals surface area contributed by atoms with Gasteiger partial charge in [-0.25, -0.2) is 0 Å². The minimum absolute atomic E-state index is 0.0287. The highest BCUT2D eigenvalue weighted by atomic mass is 32.2. The maximum atomic E-state index is 12.0. The van der Waals surface area contributed by atoms with Gasteiger partial charge in [0.05, 0.1) is 11.3 Å². The van der Waals surface area contributed by atoms with E-state index in [1.54, 1.807) is 0 Å². The van der Waals surface area contributed by atoms with Gasteiger partial charge in [0.1, 0.15) is 0 Å². The zero-order chi connectivity index (χ0) is 12.5. The molecule has 96 valence electrons. The first kappa shape index (κ1) is 12.7. The van der Waals surface area contributed by atoms with Crippen LogP contribution in [-0.4, -0.2) is 15.6 Å². The predicted octanol–water partition coefficient (Wildman–Crippen LogP) is 2.55. The quantitative estimate of drug-likeness (QED) is 0.911. The molecule has 1 aliphatic carbocycles. The molecule has 1 fully saturated rings. The van der Waals surface area contributed by atoms with Crippen molar-refractivity contribution in [3.8, 4) is 0 Å². The summed E-state index contributed by atoms with van der Waals surface area (Å²) in [6, 6.07) is 0. The van der Waals surface area contributed by atoms with Crippen molar-refractivity contribution in [3.63, 3.8) is 0 Å². The fourth-order valence-corrected chi connectivity index (χ4v) is 2.29. The Kier molecular flexibility index (Phi) is 3.35. The molecule has 2 rings (SSSR count). The summed E-state index contributed by atoms with van der Waals surface area (Å²) in [5.74, 6) is -0.0705. The average molecular weight is 267 g/mol. The molecule has 0 spiro atoms. The number of alkyl halides is 3. The summed E-state index contributed by atoms with van der Waals surface area (Å²) < 4.78 is 40.7. The van der Waals surface area contributed by atoms with E-state index in [-0.39, 0.29) is 23.4 Å². The van der Waals surface area contributed by atoms with Crippen LogP contribution in [0.15, 0.2) is 4.52 Å². The molecule has 8 heteroatoms. The molecule has 1 aromatic rings. The summed E-state index contributed by atoms with van der Waals surface area (Å²) in [6.45, 7) is 0. The number of halogens is 3. The average Bonchev–Trinajstić information content (AvgIpc) is 2.83. The Hall–Kier alpha value is -0.760. The van der Waals surface area contributed by atoms with Gasteiger partial charge in [0.25, 0.3) is 0 Å². The van der Waals surface area contributed by atoms with Crippen LogP contribution in [0, 0.1) is 0 Å². The molecule has 2 N–H and O–H groups in total. The van der Waals surface area contributed by atoms with Crippen molar-refractivity contribution < 1.29 is 17.7 Å². The number of hydrogen-bond donors (Lipinski definition) is 1. The molecule has 0 unspecified atom stereocenters. The monoisotopic (exact) mass is 267 g/mol. The van der Waals surface area contributed by atoms with Crippen LogP contribution in [0.3, 0.4) is 0 Å². The number of thioether (sulfide) groups is 1.